The van der Waals surface area contributed by atoms with Gasteiger partial charge in [-0.25, -0.2) is 4.79 Å². The van der Waals surface area contributed by atoms with Crippen molar-refractivity contribution >= 4 is 27.8 Å². The molecule has 0 N–H and O–H groups in total. The van der Waals surface area contributed by atoms with Crippen LogP contribution in [0.4, 0.5) is 0 Å². The highest BCUT2D eigenvalue weighted by atomic mass is 79.9. The average molecular weight is 346 g/mol. The molecule has 6 nitrogen and oxygen atoms in total. The van der Waals surface area contributed by atoms with E-state index >= 15 is 0 Å². The maximum Gasteiger partial charge on any atom is 0.374 e. The maximum absolute atomic E-state index is 12.0. The molecule has 1 saturated heterocycles. The number of ether oxygens (including phenoxy) is 2. The molecule has 20 heavy (non-hydrogen) atoms. The van der Waals surface area contributed by atoms with Crippen molar-refractivity contribution in [1.29, 1.82) is 0 Å². The summed E-state index contributed by atoms with van der Waals surface area (Å²) in [7, 11) is 0. The zero-order valence-electron chi connectivity index (χ0n) is 11.3. The smallest absolute Gasteiger partial charge is 0.374 e. The SMILES string of the molecule is C[C@@H]1CN(C(=O)COC(=O)c2ccc(Br)o2)C[C@H](C)O1. The molecule has 2 heterocycles. The van der Waals surface area contributed by atoms with Crippen molar-refractivity contribution in [3.63, 3.8) is 0 Å². The third-order valence-electron chi connectivity index (χ3n) is 2.87. The first-order valence-electron chi connectivity index (χ1n) is 6.31. The van der Waals surface area contributed by atoms with Gasteiger partial charge in [-0.15, -0.1) is 0 Å². The van der Waals surface area contributed by atoms with Gasteiger partial charge in [0.05, 0.1) is 12.2 Å². The summed E-state index contributed by atoms with van der Waals surface area (Å²) in [6.07, 6.45) is -0.0288. The van der Waals surface area contributed by atoms with Gasteiger partial charge in [0.25, 0.3) is 5.91 Å². The van der Waals surface area contributed by atoms with E-state index in [-0.39, 0.29) is 30.5 Å². The van der Waals surface area contributed by atoms with E-state index in [0.717, 1.165) is 0 Å². The van der Waals surface area contributed by atoms with Crippen LogP contribution in [0.15, 0.2) is 21.2 Å². The van der Waals surface area contributed by atoms with Crippen molar-refractivity contribution in [2.75, 3.05) is 19.7 Å². The highest BCUT2D eigenvalue weighted by molar-refractivity contribution is 9.10. The highest BCUT2D eigenvalue weighted by Crippen LogP contribution is 2.15. The summed E-state index contributed by atoms with van der Waals surface area (Å²) < 4.78 is 16.0. The number of rotatable bonds is 3. The quantitative estimate of drug-likeness (QED) is 0.781. The Morgan fingerprint density at radius 1 is 1.35 bits per heavy atom. The molecule has 1 aromatic rings. The summed E-state index contributed by atoms with van der Waals surface area (Å²) in [5, 5.41) is 0. The number of hydrogen-bond acceptors (Lipinski definition) is 5. The van der Waals surface area contributed by atoms with E-state index in [1.807, 2.05) is 13.8 Å². The second-order valence-electron chi connectivity index (χ2n) is 4.74. The minimum absolute atomic E-state index is 0.0144. The van der Waals surface area contributed by atoms with Crippen LogP contribution in [0.25, 0.3) is 0 Å². The predicted molar refractivity (Wildman–Crippen MR) is 73.3 cm³/mol. The van der Waals surface area contributed by atoms with E-state index in [1.165, 1.54) is 6.07 Å². The summed E-state index contributed by atoms with van der Waals surface area (Å²) >= 11 is 3.09. The molecule has 0 spiro atoms. The van der Waals surface area contributed by atoms with E-state index in [2.05, 4.69) is 15.9 Å². The largest absolute Gasteiger partial charge is 0.450 e. The molecule has 0 aromatic carbocycles. The Kier molecular flexibility index (Phi) is 4.82. The van der Waals surface area contributed by atoms with E-state index < -0.39 is 5.97 Å². The van der Waals surface area contributed by atoms with Crippen LogP contribution in [0.1, 0.15) is 24.4 Å². The molecule has 0 bridgehead atoms. The Labute approximate surface area is 125 Å². The standard InChI is InChI=1S/C13H16BrNO5/c1-8-5-15(6-9(2)19-8)12(16)7-18-13(17)10-3-4-11(14)20-10/h3-4,8-9H,5-7H2,1-2H3/t8-,9+. The predicted octanol–water partition coefficient (Wildman–Crippen LogP) is 1.83. The molecule has 1 amide bonds. The van der Waals surface area contributed by atoms with Crippen molar-refractivity contribution in [3.05, 3.63) is 22.6 Å². The van der Waals surface area contributed by atoms with E-state index in [4.69, 9.17) is 13.9 Å². The van der Waals surface area contributed by atoms with Crippen LogP contribution in [0.5, 0.6) is 0 Å². The Balaban J connectivity index is 1.84. The average Bonchev–Trinajstić information content (AvgIpc) is 2.81. The van der Waals surface area contributed by atoms with Crippen molar-refractivity contribution < 1.29 is 23.5 Å². The van der Waals surface area contributed by atoms with E-state index in [1.54, 1.807) is 11.0 Å². The highest BCUT2D eigenvalue weighted by Gasteiger charge is 2.26. The first kappa shape index (κ1) is 15.1. The molecule has 2 atom stereocenters. The lowest BCUT2D eigenvalue weighted by molar-refractivity contribution is -0.146. The summed E-state index contributed by atoms with van der Waals surface area (Å²) in [4.78, 5) is 25.3. The molecule has 0 unspecified atom stereocenters. The fourth-order valence-corrected chi connectivity index (χ4v) is 2.40. The third kappa shape index (κ3) is 3.83. The van der Waals surface area contributed by atoms with Crippen LogP contribution in [-0.2, 0) is 14.3 Å². The van der Waals surface area contributed by atoms with Crippen LogP contribution in [-0.4, -0.2) is 48.7 Å². The van der Waals surface area contributed by atoms with Crippen LogP contribution in [0, 0.1) is 0 Å². The van der Waals surface area contributed by atoms with Gasteiger partial charge in [0.15, 0.2) is 11.3 Å². The van der Waals surface area contributed by atoms with Gasteiger partial charge in [0, 0.05) is 13.1 Å². The first-order chi connectivity index (χ1) is 9.45. The number of morpholine rings is 1. The molecule has 2 rings (SSSR count). The summed E-state index contributed by atoms with van der Waals surface area (Å²) in [5.74, 6) is -0.822. The lowest BCUT2D eigenvalue weighted by atomic mass is 10.2. The maximum atomic E-state index is 12.0. The molecule has 1 aliphatic heterocycles. The summed E-state index contributed by atoms with van der Waals surface area (Å²) in [6, 6.07) is 3.07. The van der Waals surface area contributed by atoms with Gasteiger partial charge < -0.3 is 18.8 Å². The topological polar surface area (TPSA) is 69.0 Å². The molecule has 0 radical (unpaired) electrons. The van der Waals surface area contributed by atoms with Crippen LogP contribution < -0.4 is 0 Å². The number of furan rings is 1. The summed E-state index contributed by atoms with van der Waals surface area (Å²) in [5.41, 5.74) is 0. The lowest BCUT2D eigenvalue weighted by Gasteiger charge is -2.35. The molecule has 0 aliphatic carbocycles. The van der Waals surface area contributed by atoms with E-state index in [9.17, 15) is 9.59 Å². The second-order valence-corrected chi connectivity index (χ2v) is 5.52. The number of amides is 1. The third-order valence-corrected chi connectivity index (χ3v) is 3.30. The number of halogens is 1. The minimum Gasteiger partial charge on any atom is -0.450 e. The monoisotopic (exact) mass is 345 g/mol. The van der Waals surface area contributed by atoms with Crippen molar-refractivity contribution in [2.45, 2.75) is 26.1 Å². The number of esters is 1. The summed E-state index contributed by atoms with van der Waals surface area (Å²) in [6.45, 7) is 4.53. The zero-order valence-corrected chi connectivity index (χ0v) is 12.9. The van der Waals surface area contributed by atoms with Crippen molar-refractivity contribution in [1.82, 2.24) is 4.90 Å². The van der Waals surface area contributed by atoms with E-state index in [0.29, 0.717) is 17.8 Å². The molecule has 1 fully saturated rings. The number of hydrogen-bond donors (Lipinski definition) is 0. The molecular weight excluding hydrogens is 330 g/mol. The minimum atomic E-state index is -0.654. The second kappa shape index (κ2) is 6.41. The van der Waals surface area contributed by atoms with Gasteiger partial charge in [-0.2, -0.15) is 0 Å². The molecule has 0 saturated carbocycles. The fraction of sp³-hybridized carbons (Fsp3) is 0.538. The Morgan fingerprint density at radius 3 is 2.55 bits per heavy atom. The lowest BCUT2D eigenvalue weighted by Crippen LogP contribution is -2.49. The van der Waals surface area contributed by atoms with Crippen LogP contribution >= 0.6 is 15.9 Å². The zero-order chi connectivity index (χ0) is 14.7. The normalized spacial score (nSPS) is 22.6. The molecule has 1 aliphatic rings. The van der Waals surface area contributed by atoms with Crippen LogP contribution in [0.2, 0.25) is 0 Å². The first-order valence-corrected chi connectivity index (χ1v) is 7.10. The molecule has 1 aromatic heterocycles. The van der Waals surface area contributed by atoms with Gasteiger partial charge in [0.1, 0.15) is 0 Å². The van der Waals surface area contributed by atoms with Gasteiger partial charge >= 0.3 is 5.97 Å². The Bertz CT molecular complexity index is 491. The number of nitrogens with zero attached hydrogens (tertiary/aromatic N) is 1. The van der Waals surface area contributed by atoms with Gasteiger partial charge in [-0.3, -0.25) is 4.79 Å². The van der Waals surface area contributed by atoms with Crippen LogP contribution in [0.3, 0.4) is 0 Å². The molecule has 110 valence electrons. The molecule has 7 heteroatoms. The molecular formula is C13H16BrNO5. The van der Waals surface area contributed by atoms with Gasteiger partial charge in [-0.1, -0.05) is 0 Å². The van der Waals surface area contributed by atoms with Crippen molar-refractivity contribution in [3.8, 4) is 0 Å². The Hall–Kier alpha value is -1.34. The number of carbonyl (C=O) groups excluding carboxylic acids is 2. The van der Waals surface area contributed by atoms with Gasteiger partial charge in [0.2, 0.25) is 5.76 Å². The number of carbonyl (C=O) groups is 2. The van der Waals surface area contributed by atoms with Crippen molar-refractivity contribution in [2.24, 2.45) is 0 Å². The fourth-order valence-electron chi connectivity index (χ4n) is 2.10. The van der Waals surface area contributed by atoms with Gasteiger partial charge in [-0.05, 0) is 41.9 Å². The Morgan fingerprint density at radius 2 is 2.00 bits per heavy atom.